The van der Waals surface area contributed by atoms with E-state index in [-0.39, 0.29) is 16.0 Å². The van der Waals surface area contributed by atoms with Gasteiger partial charge in [-0.05, 0) is 18.2 Å². The average molecular weight is 277 g/mol. The molecule has 0 saturated carbocycles. The predicted molar refractivity (Wildman–Crippen MR) is 71.9 cm³/mol. The Labute approximate surface area is 109 Å². The molecule has 3 rings (SSSR count). The van der Waals surface area contributed by atoms with E-state index in [4.69, 9.17) is 5.73 Å². The molecule has 6 nitrogen and oxygen atoms in total. The number of carbonyl (C=O) groups excluding carboxylic acids is 1. The summed E-state index contributed by atoms with van der Waals surface area (Å²) < 4.78 is 1.02. The molecule has 0 aliphatic carbocycles. The van der Waals surface area contributed by atoms with Crippen molar-refractivity contribution in [1.29, 1.82) is 0 Å². The molecule has 2 heterocycles. The van der Waals surface area contributed by atoms with E-state index in [0.29, 0.717) is 5.69 Å². The average Bonchev–Trinajstić information content (AvgIpc) is 2.96. The van der Waals surface area contributed by atoms with E-state index in [0.717, 1.165) is 21.6 Å². The quantitative estimate of drug-likeness (QED) is 0.747. The summed E-state index contributed by atoms with van der Waals surface area (Å²) in [7, 11) is 0. The molecule has 90 valence electrons. The fraction of sp³-hybridized carbons (Fsp3) is 0. The second-order valence-corrected chi connectivity index (χ2v) is 5.33. The van der Waals surface area contributed by atoms with E-state index in [1.54, 1.807) is 11.6 Å². The third-order valence-electron chi connectivity index (χ3n) is 2.22. The monoisotopic (exact) mass is 277 g/mol. The smallest absolute Gasteiger partial charge is 0.286 e. The number of aromatic nitrogens is 3. The number of nitrogens with one attached hydrogen (secondary N) is 1. The summed E-state index contributed by atoms with van der Waals surface area (Å²) in [5.74, 6) is -0.312. The summed E-state index contributed by atoms with van der Waals surface area (Å²) in [6, 6.07) is 5.52. The topological polar surface area (TPSA) is 93.8 Å². The number of amides is 1. The van der Waals surface area contributed by atoms with Crippen LogP contribution in [-0.4, -0.2) is 21.1 Å². The summed E-state index contributed by atoms with van der Waals surface area (Å²) in [6.45, 7) is 0. The van der Waals surface area contributed by atoms with Gasteiger partial charge in [-0.1, -0.05) is 11.3 Å². The first-order valence-corrected chi connectivity index (χ1v) is 6.65. The van der Waals surface area contributed by atoms with Crippen LogP contribution < -0.4 is 11.1 Å². The normalized spacial score (nSPS) is 10.7. The molecule has 0 atom stereocenters. The summed E-state index contributed by atoms with van der Waals surface area (Å²) in [6.07, 6.45) is 0. The molecule has 3 N–H and O–H groups in total. The molecular formula is C10H7N5OS2. The Morgan fingerprint density at radius 3 is 3.00 bits per heavy atom. The highest BCUT2D eigenvalue weighted by atomic mass is 32.1. The van der Waals surface area contributed by atoms with E-state index in [1.165, 1.54) is 11.3 Å². The molecule has 0 unspecified atom stereocenters. The zero-order chi connectivity index (χ0) is 12.5. The lowest BCUT2D eigenvalue weighted by atomic mass is 10.3. The number of hydrogen-bond donors (Lipinski definition) is 2. The Bertz CT molecular complexity index is 720. The van der Waals surface area contributed by atoms with Crippen LogP contribution >= 0.6 is 22.7 Å². The standard InChI is InChI=1S/C10H7N5OS2/c11-10-15-14-9(18-10)8(16)13-5-1-2-6-7(3-5)17-4-12-6/h1-4H,(H2,11,15)(H,13,16). The Morgan fingerprint density at radius 1 is 1.33 bits per heavy atom. The van der Waals surface area contributed by atoms with E-state index in [1.807, 2.05) is 12.1 Å². The van der Waals surface area contributed by atoms with Gasteiger partial charge in [-0.3, -0.25) is 4.79 Å². The lowest BCUT2D eigenvalue weighted by Gasteiger charge is -2.01. The van der Waals surface area contributed by atoms with Crippen molar-refractivity contribution < 1.29 is 4.79 Å². The Balaban J connectivity index is 1.85. The molecule has 8 heteroatoms. The predicted octanol–water partition coefficient (Wildman–Crippen LogP) is 1.98. The van der Waals surface area contributed by atoms with Crippen LogP contribution in [0.15, 0.2) is 23.7 Å². The molecule has 3 aromatic rings. The van der Waals surface area contributed by atoms with Crippen LogP contribution in [0.5, 0.6) is 0 Å². The highest BCUT2D eigenvalue weighted by Gasteiger charge is 2.12. The van der Waals surface area contributed by atoms with Crippen molar-refractivity contribution in [3.63, 3.8) is 0 Å². The number of nitrogens with zero attached hydrogens (tertiary/aromatic N) is 3. The second kappa shape index (κ2) is 4.31. The molecule has 1 aromatic carbocycles. The maximum atomic E-state index is 11.8. The van der Waals surface area contributed by atoms with Crippen LogP contribution in [0.3, 0.4) is 0 Å². The van der Waals surface area contributed by atoms with Gasteiger partial charge < -0.3 is 11.1 Å². The molecular weight excluding hydrogens is 270 g/mol. The van der Waals surface area contributed by atoms with Crippen LogP contribution in [0.2, 0.25) is 0 Å². The number of fused-ring (bicyclic) bond motifs is 1. The zero-order valence-corrected chi connectivity index (χ0v) is 10.6. The van der Waals surface area contributed by atoms with Crippen LogP contribution in [0.1, 0.15) is 9.80 Å². The van der Waals surface area contributed by atoms with Gasteiger partial charge in [0, 0.05) is 5.69 Å². The van der Waals surface area contributed by atoms with Gasteiger partial charge in [0.25, 0.3) is 5.91 Å². The van der Waals surface area contributed by atoms with Crippen molar-refractivity contribution >= 4 is 49.6 Å². The van der Waals surface area contributed by atoms with Gasteiger partial charge in [0.2, 0.25) is 10.1 Å². The summed E-state index contributed by atoms with van der Waals surface area (Å²) in [4.78, 5) is 16.0. The van der Waals surface area contributed by atoms with Crippen molar-refractivity contribution in [2.45, 2.75) is 0 Å². The first kappa shape index (κ1) is 11.1. The number of nitrogens with two attached hydrogens (primary N) is 1. The minimum absolute atomic E-state index is 0.247. The lowest BCUT2D eigenvalue weighted by molar-refractivity contribution is 0.102. The Kier molecular flexibility index (Phi) is 2.65. The molecule has 0 bridgehead atoms. The fourth-order valence-corrected chi connectivity index (χ4v) is 2.67. The maximum absolute atomic E-state index is 11.8. The lowest BCUT2D eigenvalue weighted by Crippen LogP contribution is -2.11. The highest BCUT2D eigenvalue weighted by molar-refractivity contribution is 7.17. The summed E-state index contributed by atoms with van der Waals surface area (Å²) in [5.41, 5.74) is 8.81. The Hall–Kier alpha value is -2.06. The number of carbonyl (C=O) groups is 1. The number of nitrogen functional groups attached to an aromatic ring is 1. The fourth-order valence-electron chi connectivity index (χ4n) is 1.44. The van der Waals surface area contributed by atoms with Crippen molar-refractivity contribution in [1.82, 2.24) is 15.2 Å². The molecule has 0 aliphatic rings. The van der Waals surface area contributed by atoms with Crippen LogP contribution in [0.4, 0.5) is 10.8 Å². The zero-order valence-electron chi connectivity index (χ0n) is 8.95. The van der Waals surface area contributed by atoms with Crippen molar-refractivity contribution in [2.24, 2.45) is 0 Å². The van der Waals surface area contributed by atoms with E-state index in [2.05, 4.69) is 20.5 Å². The number of benzene rings is 1. The van der Waals surface area contributed by atoms with Gasteiger partial charge in [-0.25, -0.2) is 4.98 Å². The van der Waals surface area contributed by atoms with Crippen LogP contribution in [-0.2, 0) is 0 Å². The first-order valence-electron chi connectivity index (χ1n) is 4.96. The van der Waals surface area contributed by atoms with Crippen LogP contribution in [0, 0.1) is 0 Å². The number of rotatable bonds is 2. The van der Waals surface area contributed by atoms with Crippen molar-refractivity contribution in [2.75, 3.05) is 11.1 Å². The van der Waals surface area contributed by atoms with Crippen molar-refractivity contribution in [3.05, 3.63) is 28.7 Å². The molecule has 18 heavy (non-hydrogen) atoms. The van der Waals surface area contributed by atoms with Gasteiger partial charge in [-0.15, -0.1) is 21.5 Å². The molecule has 0 spiro atoms. The van der Waals surface area contributed by atoms with Gasteiger partial charge in [-0.2, -0.15) is 0 Å². The number of anilines is 2. The van der Waals surface area contributed by atoms with Gasteiger partial charge in [0.1, 0.15) is 0 Å². The molecule has 0 fully saturated rings. The molecule has 1 amide bonds. The SMILES string of the molecule is Nc1nnc(C(=O)Nc2ccc3ncsc3c2)s1. The molecule has 0 saturated heterocycles. The third-order valence-corrected chi connectivity index (χ3v) is 3.77. The van der Waals surface area contributed by atoms with Crippen LogP contribution in [0.25, 0.3) is 10.2 Å². The summed E-state index contributed by atoms with van der Waals surface area (Å²) >= 11 is 2.57. The van der Waals surface area contributed by atoms with Crippen molar-refractivity contribution in [3.8, 4) is 0 Å². The molecule has 0 radical (unpaired) electrons. The molecule has 2 aromatic heterocycles. The Morgan fingerprint density at radius 2 is 2.22 bits per heavy atom. The van der Waals surface area contributed by atoms with E-state index >= 15 is 0 Å². The number of hydrogen-bond acceptors (Lipinski definition) is 7. The van der Waals surface area contributed by atoms with E-state index in [9.17, 15) is 4.79 Å². The third kappa shape index (κ3) is 2.03. The minimum atomic E-state index is -0.312. The second-order valence-electron chi connectivity index (χ2n) is 3.43. The highest BCUT2D eigenvalue weighted by Crippen LogP contribution is 2.22. The van der Waals surface area contributed by atoms with Gasteiger partial charge in [0.15, 0.2) is 0 Å². The van der Waals surface area contributed by atoms with Gasteiger partial charge in [0.05, 0.1) is 15.7 Å². The van der Waals surface area contributed by atoms with E-state index < -0.39 is 0 Å². The largest absolute Gasteiger partial charge is 0.374 e. The molecule has 0 aliphatic heterocycles. The maximum Gasteiger partial charge on any atom is 0.286 e. The first-order chi connectivity index (χ1) is 8.72. The minimum Gasteiger partial charge on any atom is -0.374 e. The van der Waals surface area contributed by atoms with Gasteiger partial charge >= 0.3 is 0 Å². The number of thiazole rings is 1. The summed E-state index contributed by atoms with van der Waals surface area (Å²) in [5, 5.41) is 10.6.